The number of nitriles is 1. The van der Waals surface area contributed by atoms with Gasteiger partial charge in [-0.15, -0.1) is 0 Å². The van der Waals surface area contributed by atoms with Crippen molar-refractivity contribution in [2.75, 3.05) is 32.9 Å². The minimum atomic E-state index is -4.62. The topological polar surface area (TPSA) is 84.6 Å². The van der Waals surface area contributed by atoms with Crippen LogP contribution in [0.4, 0.5) is 13.2 Å². The van der Waals surface area contributed by atoms with Crippen LogP contribution in [0.25, 0.3) is 11.8 Å². The van der Waals surface area contributed by atoms with Crippen LogP contribution in [0, 0.1) is 25.2 Å². The van der Waals surface area contributed by atoms with E-state index in [1.54, 1.807) is 30.6 Å². The highest BCUT2D eigenvalue weighted by molar-refractivity contribution is 6.31. The standard InChI is InChI=1S/C23H21ClF3N3O4/c1-14-9-16(15(2)30(14)18-3-4-20(24)19(11-18)23(25,26)27)10-17(12-28)22(32)34-13-21(31)29-5-7-33-8-6-29/h3-4,9-11H,5-8,13H2,1-2H3/b17-10+. The van der Waals surface area contributed by atoms with Gasteiger partial charge in [-0.05, 0) is 49.8 Å². The molecule has 1 fully saturated rings. The van der Waals surface area contributed by atoms with E-state index in [2.05, 4.69) is 0 Å². The number of aromatic nitrogens is 1. The molecular weight excluding hydrogens is 475 g/mol. The summed E-state index contributed by atoms with van der Waals surface area (Å²) >= 11 is 5.72. The van der Waals surface area contributed by atoms with Crippen molar-refractivity contribution in [3.8, 4) is 11.8 Å². The maximum Gasteiger partial charge on any atom is 0.417 e. The molecular formula is C23H21ClF3N3O4. The van der Waals surface area contributed by atoms with E-state index < -0.39 is 35.2 Å². The van der Waals surface area contributed by atoms with E-state index in [-0.39, 0.29) is 11.3 Å². The number of nitrogens with zero attached hydrogens (tertiary/aromatic N) is 3. The quantitative estimate of drug-likeness (QED) is 0.354. The fourth-order valence-corrected chi connectivity index (χ4v) is 3.83. The Balaban J connectivity index is 1.83. The second-order valence-electron chi connectivity index (χ2n) is 7.56. The molecule has 1 saturated heterocycles. The van der Waals surface area contributed by atoms with Gasteiger partial charge in [-0.25, -0.2) is 4.79 Å². The molecule has 7 nitrogen and oxygen atoms in total. The Labute approximate surface area is 198 Å². The van der Waals surface area contributed by atoms with Crippen LogP contribution >= 0.6 is 11.6 Å². The zero-order chi connectivity index (χ0) is 25.0. The number of alkyl halides is 3. The van der Waals surface area contributed by atoms with E-state index in [1.807, 2.05) is 0 Å². The predicted molar refractivity (Wildman–Crippen MR) is 117 cm³/mol. The van der Waals surface area contributed by atoms with Gasteiger partial charge in [0.15, 0.2) is 6.61 Å². The van der Waals surface area contributed by atoms with Crippen molar-refractivity contribution in [2.24, 2.45) is 0 Å². The first kappa shape index (κ1) is 25.3. The summed E-state index contributed by atoms with van der Waals surface area (Å²) in [5.74, 6) is -1.37. The van der Waals surface area contributed by atoms with Crippen molar-refractivity contribution in [3.63, 3.8) is 0 Å². The molecule has 0 bridgehead atoms. The van der Waals surface area contributed by atoms with E-state index in [0.717, 1.165) is 12.1 Å². The van der Waals surface area contributed by atoms with Crippen molar-refractivity contribution < 1.29 is 32.2 Å². The molecule has 180 valence electrons. The number of benzene rings is 1. The summed E-state index contributed by atoms with van der Waals surface area (Å²) in [6.45, 7) is 4.39. The van der Waals surface area contributed by atoms with E-state index >= 15 is 0 Å². The van der Waals surface area contributed by atoms with Gasteiger partial charge in [0, 0.05) is 30.2 Å². The summed E-state index contributed by atoms with van der Waals surface area (Å²) < 4.78 is 51.6. The highest BCUT2D eigenvalue weighted by Crippen LogP contribution is 2.36. The number of aryl methyl sites for hydroxylation is 1. The van der Waals surface area contributed by atoms with Crippen molar-refractivity contribution in [1.82, 2.24) is 9.47 Å². The van der Waals surface area contributed by atoms with E-state index in [4.69, 9.17) is 21.1 Å². The molecule has 0 saturated carbocycles. The zero-order valence-electron chi connectivity index (χ0n) is 18.4. The lowest BCUT2D eigenvalue weighted by Gasteiger charge is -2.26. The monoisotopic (exact) mass is 495 g/mol. The lowest BCUT2D eigenvalue weighted by Crippen LogP contribution is -2.42. The molecule has 2 heterocycles. The third-order valence-corrected chi connectivity index (χ3v) is 5.64. The Kier molecular flexibility index (Phi) is 7.69. The van der Waals surface area contributed by atoms with Gasteiger partial charge in [-0.2, -0.15) is 18.4 Å². The molecule has 0 aliphatic carbocycles. The van der Waals surface area contributed by atoms with Crippen molar-refractivity contribution >= 4 is 29.6 Å². The molecule has 0 atom stereocenters. The van der Waals surface area contributed by atoms with E-state index in [9.17, 15) is 28.0 Å². The van der Waals surface area contributed by atoms with Crippen LogP contribution in [0.1, 0.15) is 22.5 Å². The average molecular weight is 496 g/mol. The Morgan fingerprint density at radius 3 is 2.53 bits per heavy atom. The molecule has 1 aromatic carbocycles. The van der Waals surface area contributed by atoms with Crippen molar-refractivity contribution in [1.29, 1.82) is 5.26 Å². The largest absolute Gasteiger partial charge is 0.451 e. The van der Waals surface area contributed by atoms with E-state index in [0.29, 0.717) is 43.3 Å². The Hall–Kier alpha value is -3.29. The Morgan fingerprint density at radius 1 is 1.24 bits per heavy atom. The van der Waals surface area contributed by atoms with Crippen LogP contribution in [0.2, 0.25) is 5.02 Å². The SMILES string of the molecule is Cc1cc(/C=C(\C#N)C(=O)OCC(=O)N2CCOCC2)c(C)n1-c1ccc(Cl)c(C(F)(F)F)c1. The van der Waals surface area contributed by atoms with Gasteiger partial charge in [0.1, 0.15) is 11.6 Å². The summed E-state index contributed by atoms with van der Waals surface area (Å²) in [7, 11) is 0. The molecule has 2 aromatic rings. The van der Waals surface area contributed by atoms with Gasteiger partial charge >= 0.3 is 12.1 Å². The predicted octanol–water partition coefficient (Wildman–Crippen LogP) is 4.08. The fourth-order valence-electron chi connectivity index (χ4n) is 3.60. The summed E-state index contributed by atoms with van der Waals surface area (Å²) in [4.78, 5) is 26.0. The number of morpholine rings is 1. The maximum absolute atomic E-state index is 13.3. The van der Waals surface area contributed by atoms with Crippen molar-refractivity contribution in [2.45, 2.75) is 20.0 Å². The molecule has 0 unspecified atom stereocenters. The summed E-state index contributed by atoms with van der Waals surface area (Å²) in [6, 6.07) is 6.93. The molecule has 0 spiro atoms. The molecule has 11 heteroatoms. The molecule has 1 aliphatic rings. The minimum absolute atomic E-state index is 0.226. The number of rotatable bonds is 5. The average Bonchev–Trinajstić information content (AvgIpc) is 3.08. The van der Waals surface area contributed by atoms with Crippen LogP contribution in [-0.2, 0) is 25.2 Å². The minimum Gasteiger partial charge on any atom is -0.451 e. The van der Waals surface area contributed by atoms with Gasteiger partial charge in [-0.1, -0.05) is 11.6 Å². The highest BCUT2D eigenvalue weighted by atomic mass is 35.5. The number of carbonyl (C=O) groups is 2. The van der Waals surface area contributed by atoms with Crippen LogP contribution in [0.15, 0.2) is 29.8 Å². The van der Waals surface area contributed by atoms with Gasteiger partial charge in [0.05, 0.1) is 23.8 Å². The van der Waals surface area contributed by atoms with Crippen LogP contribution in [0.5, 0.6) is 0 Å². The second-order valence-corrected chi connectivity index (χ2v) is 7.97. The summed E-state index contributed by atoms with van der Waals surface area (Å²) in [5, 5.41) is 9.02. The smallest absolute Gasteiger partial charge is 0.417 e. The summed E-state index contributed by atoms with van der Waals surface area (Å²) in [6.07, 6.45) is -3.35. The lowest BCUT2D eigenvalue weighted by atomic mass is 10.1. The van der Waals surface area contributed by atoms with E-state index in [1.165, 1.54) is 17.0 Å². The normalized spacial score (nSPS) is 14.6. The third kappa shape index (κ3) is 5.61. The number of hydrogen-bond acceptors (Lipinski definition) is 5. The number of ether oxygens (including phenoxy) is 2. The third-order valence-electron chi connectivity index (χ3n) is 5.31. The number of esters is 1. The van der Waals surface area contributed by atoms with Crippen LogP contribution in [0.3, 0.4) is 0 Å². The molecule has 1 aromatic heterocycles. The molecule has 1 aliphatic heterocycles. The number of carbonyl (C=O) groups excluding carboxylic acids is 2. The van der Waals surface area contributed by atoms with Crippen molar-refractivity contribution in [3.05, 3.63) is 57.4 Å². The van der Waals surface area contributed by atoms with Gasteiger partial charge in [-0.3, -0.25) is 4.79 Å². The number of hydrogen-bond donors (Lipinski definition) is 0. The highest BCUT2D eigenvalue weighted by Gasteiger charge is 2.33. The Morgan fingerprint density at radius 2 is 1.91 bits per heavy atom. The first-order valence-corrected chi connectivity index (χ1v) is 10.6. The first-order valence-electron chi connectivity index (χ1n) is 10.2. The van der Waals surface area contributed by atoms with Gasteiger partial charge in [0.2, 0.25) is 0 Å². The fraction of sp³-hybridized carbons (Fsp3) is 0.348. The molecule has 34 heavy (non-hydrogen) atoms. The summed E-state index contributed by atoms with van der Waals surface area (Å²) in [5.41, 5.74) is 0.424. The zero-order valence-corrected chi connectivity index (χ0v) is 19.2. The lowest BCUT2D eigenvalue weighted by molar-refractivity contribution is -0.150. The molecule has 0 radical (unpaired) electrons. The van der Waals surface area contributed by atoms with Crippen LogP contribution < -0.4 is 0 Å². The van der Waals surface area contributed by atoms with Crippen LogP contribution in [-0.4, -0.2) is 54.3 Å². The molecule has 0 N–H and O–H groups in total. The number of amides is 1. The molecule has 3 rings (SSSR count). The van der Waals surface area contributed by atoms with Gasteiger partial charge < -0.3 is 18.9 Å². The molecule has 1 amide bonds. The first-order chi connectivity index (χ1) is 16.0. The number of halogens is 4. The maximum atomic E-state index is 13.3. The van der Waals surface area contributed by atoms with Gasteiger partial charge in [0.25, 0.3) is 5.91 Å². The Bertz CT molecular complexity index is 1180. The second kappa shape index (κ2) is 10.3.